The molecule has 0 saturated carbocycles. The van der Waals surface area contributed by atoms with E-state index in [1.54, 1.807) is 16.7 Å². The summed E-state index contributed by atoms with van der Waals surface area (Å²) >= 11 is 0. The molecule has 2 aromatic carbocycles. The van der Waals surface area contributed by atoms with Gasteiger partial charge in [0.15, 0.2) is 0 Å². The van der Waals surface area contributed by atoms with Crippen molar-refractivity contribution in [2.24, 2.45) is 0 Å². The average molecular weight is 246 g/mol. The second-order valence-corrected chi connectivity index (χ2v) is 5.76. The van der Waals surface area contributed by atoms with Gasteiger partial charge in [0.25, 0.3) is 0 Å². The molecule has 2 aromatic rings. The molecule has 0 amide bonds. The fraction of sp³-hybridized carbons (Fsp3) is 0.263. The van der Waals surface area contributed by atoms with Crippen molar-refractivity contribution in [3.05, 3.63) is 76.4 Å². The lowest BCUT2D eigenvalue weighted by atomic mass is 9.91. The first kappa shape index (κ1) is 11.0. The summed E-state index contributed by atoms with van der Waals surface area (Å²) in [6.07, 6.45) is 9.73. The van der Waals surface area contributed by atoms with Crippen LogP contribution in [0.4, 0.5) is 0 Å². The third-order valence-electron chi connectivity index (χ3n) is 4.50. The summed E-state index contributed by atoms with van der Waals surface area (Å²) in [5.41, 5.74) is 7.63. The van der Waals surface area contributed by atoms with E-state index in [0.717, 1.165) is 6.42 Å². The zero-order valence-electron chi connectivity index (χ0n) is 11.1. The van der Waals surface area contributed by atoms with Crippen molar-refractivity contribution in [2.75, 3.05) is 0 Å². The first-order valence-electron chi connectivity index (χ1n) is 7.28. The van der Waals surface area contributed by atoms with Crippen LogP contribution in [0.25, 0.3) is 6.08 Å². The standard InChI is InChI=1S/C19H18/c1-2-5-14(6-3-1)11-17-9-10-18-12-15-7-4-8-16(15)13-19(17)18/h1-3,5-6,9-10,12-13,17H,4,7-8,11H2. The van der Waals surface area contributed by atoms with Crippen LogP contribution in [0, 0.1) is 0 Å². The van der Waals surface area contributed by atoms with Gasteiger partial charge in [-0.3, -0.25) is 0 Å². The highest BCUT2D eigenvalue weighted by Gasteiger charge is 2.21. The van der Waals surface area contributed by atoms with E-state index in [0.29, 0.717) is 5.92 Å². The Labute approximate surface area is 114 Å². The van der Waals surface area contributed by atoms with E-state index in [1.807, 2.05) is 0 Å². The molecule has 0 radical (unpaired) electrons. The topological polar surface area (TPSA) is 0 Å². The average Bonchev–Trinajstić information content (AvgIpc) is 3.05. The lowest BCUT2D eigenvalue weighted by Crippen LogP contribution is -1.99. The van der Waals surface area contributed by atoms with Crippen LogP contribution in [0.3, 0.4) is 0 Å². The molecule has 0 saturated heterocycles. The smallest absolute Gasteiger partial charge is 0.00677 e. The lowest BCUT2D eigenvalue weighted by molar-refractivity contribution is 0.847. The van der Waals surface area contributed by atoms with Gasteiger partial charge in [-0.25, -0.2) is 0 Å². The summed E-state index contributed by atoms with van der Waals surface area (Å²) in [6.45, 7) is 0. The first-order chi connectivity index (χ1) is 9.40. The Balaban J connectivity index is 1.67. The summed E-state index contributed by atoms with van der Waals surface area (Å²) in [5.74, 6) is 0.572. The monoisotopic (exact) mass is 246 g/mol. The van der Waals surface area contributed by atoms with Crippen LogP contribution in [0.5, 0.6) is 0 Å². The maximum absolute atomic E-state index is 2.48. The molecule has 2 aliphatic rings. The largest absolute Gasteiger partial charge is 0.0760 e. The second-order valence-electron chi connectivity index (χ2n) is 5.76. The van der Waals surface area contributed by atoms with Gasteiger partial charge in [-0.15, -0.1) is 0 Å². The summed E-state index contributed by atoms with van der Waals surface area (Å²) in [7, 11) is 0. The molecule has 0 aliphatic heterocycles. The van der Waals surface area contributed by atoms with Crippen molar-refractivity contribution in [1.82, 2.24) is 0 Å². The summed E-state index contributed by atoms with van der Waals surface area (Å²) < 4.78 is 0. The first-order valence-corrected chi connectivity index (χ1v) is 7.28. The van der Waals surface area contributed by atoms with Crippen molar-refractivity contribution in [2.45, 2.75) is 31.6 Å². The maximum atomic E-state index is 2.48. The molecule has 0 aromatic heterocycles. The highest BCUT2D eigenvalue weighted by Crippen LogP contribution is 2.36. The van der Waals surface area contributed by atoms with Crippen molar-refractivity contribution >= 4 is 6.08 Å². The van der Waals surface area contributed by atoms with Crippen molar-refractivity contribution in [3.8, 4) is 0 Å². The Morgan fingerprint density at radius 2 is 1.74 bits per heavy atom. The molecule has 0 nitrogen and oxygen atoms in total. The Hall–Kier alpha value is -1.82. The zero-order valence-corrected chi connectivity index (χ0v) is 11.1. The molecule has 0 N–H and O–H groups in total. The highest BCUT2D eigenvalue weighted by atomic mass is 14.3. The predicted molar refractivity (Wildman–Crippen MR) is 80.4 cm³/mol. The van der Waals surface area contributed by atoms with Gasteiger partial charge in [0.1, 0.15) is 0 Å². The van der Waals surface area contributed by atoms with Crippen molar-refractivity contribution in [1.29, 1.82) is 0 Å². The van der Waals surface area contributed by atoms with E-state index in [-0.39, 0.29) is 0 Å². The number of benzene rings is 2. The van der Waals surface area contributed by atoms with E-state index in [9.17, 15) is 0 Å². The quantitative estimate of drug-likeness (QED) is 0.730. The van der Waals surface area contributed by atoms with Gasteiger partial charge in [0, 0.05) is 5.92 Å². The van der Waals surface area contributed by atoms with Crippen LogP contribution in [0.2, 0.25) is 0 Å². The minimum absolute atomic E-state index is 0.572. The van der Waals surface area contributed by atoms with Gasteiger partial charge in [-0.05, 0) is 53.5 Å². The highest BCUT2D eigenvalue weighted by molar-refractivity contribution is 5.65. The van der Waals surface area contributed by atoms with E-state index >= 15 is 0 Å². The summed E-state index contributed by atoms with van der Waals surface area (Å²) in [4.78, 5) is 0. The molecule has 0 heteroatoms. The molecular weight excluding hydrogens is 228 g/mol. The normalized spacial score (nSPS) is 19.5. The van der Waals surface area contributed by atoms with Crippen LogP contribution >= 0.6 is 0 Å². The Kier molecular flexibility index (Phi) is 2.55. The molecule has 1 atom stereocenters. The van der Waals surface area contributed by atoms with Crippen molar-refractivity contribution < 1.29 is 0 Å². The van der Waals surface area contributed by atoms with E-state index in [2.05, 4.69) is 54.6 Å². The maximum Gasteiger partial charge on any atom is 0.00677 e. The van der Waals surface area contributed by atoms with Gasteiger partial charge in [0.2, 0.25) is 0 Å². The number of hydrogen-bond acceptors (Lipinski definition) is 0. The molecule has 4 rings (SSSR count). The van der Waals surface area contributed by atoms with Gasteiger partial charge in [-0.1, -0.05) is 54.6 Å². The van der Waals surface area contributed by atoms with E-state index < -0.39 is 0 Å². The number of aryl methyl sites for hydroxylation is 2. The van der Waals surface area contributed by atoms with Crippen LogP contribution in [0.15, 0.2) is 48.5 Å². The number of fused-ring (bicyclic) bond motifs is 2. The Morgan fingerprint density at radius 3 is 2.58 bits per heavy atom. The molecule has 94 valence electrons. The van der Waals surface area contributed by atoms with Gasteiger partial charge >= 0.3 is 0 Å². The van der Waals surface area contributed by atoms with Gasteiger partial charge < -0.3 is 0 Å². The lowest BCUT2D eigenvalue weighted by Gasteiger charge is -2.13. The van der Waals surface area contributed by atoms with Crippen molar-refractivity contribution in [3.63, 3.8) is 0 Å². The van der Waals surface area contributed by atoms with Crippen LogP contribution in [0.1, 0.15) is 40.2 Å². The number of allylic oxidation sites excluding steroid dienone is 1. The number of rotatable bonds is 2. The molecule has 0 fully saturated rings. The predicted octanol–water partition coefficient (Wildman–Crippen LogP) is 4.53. The zero-order chi connectivity index (χ0) is 12.7. The minimum atomic E-state index is 0.572. The van der Waals surface area contributed by atoms with Crippen LogP contribution < -0.4 is 0 Å². The molecule has 0 heterocycles. The molecule has 0 bridgehead atoms. The molecular formula is C19H18. The third kappa shape index (κ3) is 1.92. The van der Waals surface area contributed by atoms with Gasteiger partial charge in [-0.2, -0.15) is 0 Å². The SMILES string of the molecule is C1=CC(Cc2ccccc2)c2cc3c(cc21)CCC3. The van der Waals surface area contributed by atoms with Crippen LogP contribution in [-0.4, -0.2) is 0 Å². The molecule has 1 unspecified atom stereocenters. The summed E-state index contributed by atoms with van der Waals surface area (Å²) in [6, 6.07) is 15.7. The molecule has 0 spiro atoms. The van der Waals surface area contributed by atoms with Gasteiger partial charge in [0.05, 0.1) is 0 Å². The molecule has 19 heavy (non-hydrogen) atoms. The van der Waals surface area contributed by atoms with E-state index in [4.69, 9.17) is 0 Å². The van der Waals surface area contributed by atoms with Crippen LogP contribution in [-0.2, 0) is 19.3 Å². The Morgan fingerprint density at radius 1 is 0.947 bits per heavy atom. The third-order valence-corrected chi connectivity index (χ3v) is 4.50. The van der Waals surface area contributed by atoms with E-state index in [1.165, 1.54) is 30.4 Å². The minimum Gasteiger partial charge on any atom is -0.0760 e. The fourth-order valence-electron chi connectivity index (χ4n) is 3.50. The Bertz CT molecular complexity index is 635. The summed E-state index contributed by atoms with van der Waals surface area (Å²) in [5, 5.41) is 0. The second kappa shape index (κ2) is 4.38. The number of hydrogen-bond donors (Lipinski definition) is 0. The fourth-order valence-corrected chi connectivity index (χ4v) is 3.50. The molecule has 2 aliphatic carbocycles.